The van der Waals surface area contributed by atoms with E-state index in [1.807, 2.05) is 6.92 Å². The van der Waals surface area contributed by atoms with Crippen LogP contribution in [0.15, 0.2) is 15.1 Å². The van der Waals surface area contributed by atoms with Gasteiger partial charge in [0.2, 0.25) is 16.4 Å². The summed E-state index contributed by atoms with van der Waals surface area (Å²) in [6.07, 6.45) is 0. The molecule has 0 atom stereocenters. The molecule has 0 bridgehead atoms. The van der Waals surface area contributed by atoms with E-state index in [1.54, 1.807) is 0 Å². The minimum atomic E-state index is -0.289. The van der Waals surface area contributed by atoms with E-state index in [9.17, 15) is 4.79 Å². The highest BCUT2D eigenvalue weighted by Gasteiger charge is 2.11. The van der Waals surface area contributed by atoms with Crippen LogP contribution in [-0.4, -0.2) is 29.7 Å². The fourth-order valence-corrected chi connectivity index (χ4v) is 2.20. The molecular formula is C7H8ClN7OS. The van der Waals surface area contributed by atoms with Crippen molar-refractivity contribution in [3.63, 3.8) is 0 Å². The van der Waals surface area contributed by atoms with Crippen LogP contribution < -0.4 is 11.4 Å². The van der Waals surface area contributed by atoms with Crippen molar-refractivity contribution < 1.29 is 0 Å². The van der Waals surface area contributed by atoms with Gasteiger partial charge in [-0.2, -0.15) is 15.0 Å². The highest BCUT2D eigenvalue weighted by Crippen LogP contribution is 2.22. The fourth-order valence-electron chi connectivity index (χ4n) is 1.13. The predicted octanol–water partition coefficient (Wildman–Crippen LogP) is 0.163. The van der Waals surface area contributed by atoms with Crippen LogP contribution in [0.3, 0.4) is 0 Å². The molecule has 10 heteroatoms. The lowest BCUT2D eigenvalue weighted by Gasteiger charge is -2.01. The van der Waals surface area contributed by atoms with E-state index in [0.717, 1.165) is 11.8 Å². The Kier molecular flexibility index (Phi) is 3.29. The number of hydrogen-bond acceptors (Lipinski definition) is 7. The van der Waals surface area contributed by atoms with Crippen molar-refractivity contribution in [2.75, 3.05) is 5.73 Å². The molecule has 0 aliphatic carbocycles. The smallest absolute Gasteiger partial charge is 0.343 e. The number of aromatic amines is 1. The molecule has 2 rings (SSSR count). The zero-order chi connectivity index (χ0) is 12.4. The first-order valence-corrected chi connectivity index (χ1v) is 5.79. The monoisotopic (exact) mass is 273 g/mol. The van der Waals surface area contributed by atoms with E-state index in [4.69, 9.17) is 17.3 Å². The van der Waals surface area contributed by atoms with Gasteiger partial charge in [-0.1, -0.05) is 0 Å². The van der Waals surface area contributed by atoms with Crippen molar-refractivity contribution in [3.05, 3.63) is 15.8 Å². The third-order valence-electron chi connectivity index (χ3n) is 1.83. The molecule has 0 aliphatic rings. The van der Waals surface area contributed by atoms with Crippen LogP contribution in [-0.2, 0) is 6.54 Å². The summed E-state index contributed by atoms with van der Waals surface area (Å²) in [6, 6.07) is 0. The fraction of sp³-hybridized carbons (Fsp3) is 0.286. The SMILES string of the molecule is CCn1c(Sc2nc(N)nc(Cl)n2)n[nH]c1=O. The summed E-state index contributed by atoms with van der Waals surface area (Å²) in [4.78, 5) is 22.7. The molecule has 0 radical (unpaired) electrons. The lowest BCUT2D eigenvalue weighted by molar-refractivity contribution is 0.659. The highest BCUT2D eigenvalue weighted by atomic mass is 35.5. The normalized spacial score (nSPS) is 10.7. The van der Waals surface area contributed by atoms with Gasteiger partial charge in [-0.05, 0) is 30.3 Å². The summed E-state index contributed by atoms with van der Waals surface area (Å²) in [7, 11) is 0. The number of rotatable bonds is 3. The molecule has 8 nitrogen and oxygen atoms in total. The first-order valence-electron chi connectivity index (χ1n) is 4.60. The Hall–Kier alpha value is -1.61. The first-order chi connectivity index (χ1) is 8.10. The number of nitrogens with one attached hydrogen (secondary N) is 1. The van der Waals surface area contributed by atoms with E-state index in [2.05, 4.69) is 25.1 Å². The van der Waals surface area contributed by atoms with Gasteiger partial charge in [-0.15, -0.1) is 5.10 Å². The van der Waals surface area contributed by atoms with Crippen LogP contribution in [0.25, 0.3) is 0 Å². The van der Waals surface area contributed by atoms with Crippen molar-refractivity contribution in [2.24, 2.45) is 0 Å². The molecule has 2 aromatic heterocycles. The van der Waals surface area contributed by atoms with E-state index in [1.165, 1.54) is 4.57 Å². The molecule has 0 aromatic carbocycles. The summed E-state index contributed by atoms with van der Waals surface area (Å²) < 4.78 is 1.44. The van der Waals surface area contributed by atoms with Crippen molar-refractivity contribution in [1.82, 2.24) is 29.7 Å². The molecule has 0 aliphatic heterocycles. The first kappa shape index (κ1) is 11.9. The molecule has 2 aromatic rings. The Morgan fingerprint density at radius 2 is 2.24 bits per heavy atom. The number of hydrogen-bond donors (Lipinski definition) is 2. The molecule has 2 heterocycles. The average molecular weight is 274 g/mol. The number of aromatic nitrogens is 6. The average Bonchev–Trinajstić information content (AvgIpc) is 2.57. The van der Waals surface area contributed by atoms with Gasteiger partial charge in [0, 0.05) is 6.54 Å². The van der Waals surface area contributed by atoms with Crippen LogP contribution in [0.2, 0.25) is 5.28 Å². The lowest BCUT2D eigenvalue weighted by Crippen LogP contribution is -2.16. The van der Waals surface area contributed by atoms with E-state index >= 15 is 0 Å². The Balaban J connectivity index is 2.34. The van der Waals surface area contributed by atoms with Crippen LogP contribution in [0, 0.1) is 0 Å². The van der Waals surface area contributed by atoms with Gasteiger partial charge < -0.3 is 5.73 Å². The minimum absolute atomic E-state index is 0.000862. The van der Waals surface area contributed by atoms with Crippen molar-refractivity contribution in [2.45, 2.75) is 23.8 Å². The van der Waals surface area contributed by atoms with Crippen LogP contribution >= 0.6 is 23.4 Å². The Bertz CT molecular complexity index is 574. The van der Waals surface area contributed by atoms with Crippen LogP contribution in [0.5, 0.6) is 0 Å². The Labute approximate surface area is 105 Å². The van der Waals surface area contributed by atoms with Gasteiger partial charge in [0.25, 0.3) is 0 Å². The topological polar surface area (TPSA) is 115 Å². The molecular weight excluding hydrogens is 266 g/mol. The van der Waals surface area contributed by atoms with Gasteiger partial charge in [-0.25, -0.2) is 9.89 Å². The lowest BCUT2D eigenvalue weighted by atomic mass is 10.7. The quantitative estimate of drug-likeness (QED) is 0.818. The van der Waals surface area contributed by atoms with Crippen molar-refractivity contribution in [1.29, 1.82) is 0 Å². The third-order valence-corrected chi connectivity index (χ3v) is 2.86. The number of H-pyrrole nitrogens is 1. The molecule has 0 saturated heterocycles. The summed E-state index contributed by atoms with van der Waals surface area (Å²) in [5.41, 5.74) is 5.14. The van der Waals surface area contributed by atoms with Crippen molar-refractivity contribution >= 4 is 29.3 Å². The molecule has 0 unspecified atom stereocenters. The number of nitrogens with zero attached hydrogens (tertiary/aromatic N) is 5. The number of nitrogen functional groups attached to an aromatic ring is 1. The van der Waals surface area contributed by atoms with E-state index < -0.39 is 0 Å². The van der Waals surface area contributed by atoms with Gasteiger partial charge in [0.15, 0.2) is 5.16 Å². The Morgan fingerprint density at radius 3 is 2.88 bits per heavy atom. The molecule has 0 saturated carbocycles. The zero-order valence-electron chi connectivity index (χ0n) is 8.71. The van der Waals surface area contributed by atoms with Crippen LogP contribution in [0.1, 0.15) is 6.92 Å². The zero-order valence-corrected chi connectivity index (χ0v) is 10.3. The third kappa shape index (κ3) is 2.56. The number of halogens is 1. The van der Waals surface area contributed by atoms with Gasteiger partial charge in [0.05, 0.1) is 0 Å². The second-order valence-electron chi connectivity index (χ2n) is 2.90. The summed E-state index contributed by atoms with van der Waals surface area (Å²) >= 11 is 6.72. The summed E-state index contributed by atoms with van der Waals surface area (Å²) in [5, 5.41) is 6.92. The van der Waals surface area contributed by atoms with Crippen LogP contribution in [0.4, 0.5) is 5.95 Å². The van der Waals surface area contributed by atoms with Gasteiger partial charge in [0.1, 0.15) is 0 Å². The minimum Gasteiger partial charge on any atom is -0.368 e. The molecule has 90 valence electrons. The highest BCUT2D eigenvalue weighted by molar-refractivity contribution is 7.99. The molecule has 3 N–H and O–H groups in total. The van der Waals surface area contributed by atoms with Gasteiger partial charge in [-0.3, -0.25) is 4.57 Å². The second-order valence-corrected chi connectivity index (χ2v) is 4.18. The van der Waals surface area contributed by atoms with Gasteiger partial charge >= 0.3 is 5.69 Å². The summed E-state index contributed by atoms with van der Waals surface area (Å²) in [6.45, 7) is 2.32. The van der Waals surface area contributed by atoms with Crippen molar-refractivity contribution in [3.8, 4) is 0 Å². The largest absolute Gasteiger partial charge is 0.368 e. The maximum absolute atomic E-state index is 11.3. The molecule has 0 amide bonds. The number of anilines is 1. The Morgan fingerprint density at radius 1 is 1.47 bits per heavy atom. The molecule has 17 heavy (non-hydrogen) atoms. The van der Waals surface area contributed by atoms with E-state index in [-0.39, 0.29) is 22.1 Å². The predicted molar refractivity (Wildman–Crippen MR) is 61.9 cm³/mol. The second kappa shape index (κ2) is 4.72. The molecule has 0 spiro atoms. The molecule has 0 fully saturated rings. The maximum atomic E-state index is 11.3. The maximum Gasteiger partial charge on any atom is 0.343 e. The number of nitrogens with two attached hydrogens (primary N) is 1. The summed E-state index contributed by atoms with van der Waals surface area (Å²) in [5.74, 6) is 0.0217. The standard InChI is InChI=1S/C7H8ClN7OS/c1-2-15-6(16)13-14-7(15)17-5-11-3(8)10-4(9)12-5/h2H2,1H3,(H,13,16)(H2,9,10,11,12). The van der Waals surface area contributed by atoms with E-state index in [0.29, 0.717) is 11.7 Å².